The van der Waals surface area contributed by atoms with E-state index in [1.807, 2.05) is 31.2 Å². The van der Waals surface area contributed by atoms with Gasteiger partial charge in [0, 0.05) is 18.1 Å². The SMILES string of the molecule is CCNC(=O)C(C)N(Cc1ccccc1Cl)C(=O)COc1ccccc1OC. The summed E-state index contributed by atoms with van der Waals surface area (Å²) in [5.41, 5.74) is 0.756. The Hall–Kier alpha value is -2.73. The predicted octanol–water partition coefficient (Wildman–Crippen LogP) is 3.28. The number of ether oxygens (including phenoxy) is 2. The number of amides is 2. The molecule has 6 nitrogen and oxygen atoms in total. The van der Waals surface area contributed by atoms with Gasteiger partial charge in [-0.2, -0.15) is 0 Å². The molecule has 7 heteroatoms. The first-order valence-corrected chi connectivity index (χ1v) is 9.42. The lowest BCUT2D eigenvalue weighted by molar-refractivity contribution is -0.142. The molecule has 150 valence electrons. The van der Waals surface area contributed by atoms with Crippen LogP contribution in [0.15, 0.2) is 48.5 Å². The van der Waals surface area contributed by atoms with Crippen molar-refractivity contribution in [1.82, 2.24) is 10.2 Å². The monoisotopic (exact) mass is 404 g/mol. The molecule has 0 fully saturated rings. The number of nitrogens with zero attached hydrogens (tertiary/aromatic N) is 1. The maximum atomic E-state index is 12.9. The van der Waals surface area contributed by atoms with Crippen molar-refractivity contribution >= 4 is 23.4 Å². The summed E-state index contributed by atoms with van der Waals surface area (Å²) in [7, 11) is 1.53. The molecule has 0 aromatic heterocycles. The van der Waals surface area contributed by atoms with E-state index < -0.39 is 6.04 Å². The van der Waals surface area contributed by atoms with Crippen LogP contribution >= 0.6 is 11.6 Å². The predicted molar refractivity (Wildman–Crippen MR) is 109 cm³/mol. The molecule has 1 atom stereocenters. The number of halogens is 1. The van der Waals surface area contributed by atoms with Gasteiger partial charge in [0.15, 0.2) is 18.1 Å². The van der Waals surface area contributed by atoms with Gasteiger partial charge in [0.25, 0.3) is 5.91 Å². The zero-order chi connectivity index (χ0) is 20.5. The van der Waals surface area contributed by atoms with E-state index in [2.05, 4.69) is 5.32 Å². The molecule has 0 heterocycles. The summed E-state index contributed by atoms with van der Waals surface area (Å²) in [6.07, 6.45) is 0. The lowest BCUT2D eigenvalue weighted by Gasteiger charge is -2.29. The van der Waals surface area contributed by atoms with Crippen LogP contribution in [0.5, 0.6) is 11.5 Å². The van der Waals surface area contributed by atoms with Crippen molar-refractivity contribution in [3.05, 3.63) is 59.1 Å². The highest BCUT2D eigenvalue weighted by Gasteiger charge is 2.27. The summed E-state index contributed by atoms with van der Waals surface area (Å²) in [5.74, 6) is 0.427. The van der Waals surface area contributed by atoms with E-state index in [0.717, 1.165) is 5.56 Å². The molecule has 0 spiro atoms. The van der Waals surface area contributed by atoms with Gasteiger partial charge in [-0.25, -0.2) is 0 Å². The normalized spacial score (nSPS) is 11.4. The van der Waals surface area contributed by atoms with Crippen LogP contribution < -0.4 is 14.8 Å². The Labute approximate surface area is 170 Å². The van der Waals surface area contributed by atoms with Crippen molar-refractivity contribution in [2.75, 3.05) is 20.3 Å². The molecule has 1 unspecified atom stereocenters. The third-order valence-corrected chi connectivity index (χ3v) is 4.61. The summed E-state index contributed by atoms with van der Waals surface area (Å²) >= 11 is 6.24. The van der Waals surface area contributed by atoms with Crippen LogP contribution in [0.1, 0.15) is 19.4 Å². The zero-order valence-electron chi connectivity index (χ0n) is 16.3. The summed E-state index contributed by atoms with van der Waals surface area (Å²) in [6.45, 7) is 3.97. The van der Waals surface area contributed by atoms with E-state index in [0.29, 0.717) is 23.1 Å². The first kappa shape index (κ1) is 21.6. The third kappa shape index (κ3) is 5.63. The van der Waals surface area contributed by atoms with Gasteiger partial charge in [0.05, 0.1) is 7.11 Å². The Bertz CT molecular complexity index is 812. The molecule has 1 N–H and O–H groups in total. The second kappa shape index (κ2) is 10.6. The number of hydrogen-bond donors (Lipinski definition) is 1. The van der Waals surface area contributed by atoms with E-state index in [9.17, 15) is 9.59 Å². The van der Waals surface area contributed by atoms with Gasteiger partial charge >= 0.3 is 0 Å². The number of carbonyl (C=O) groups excluding carboxylic acids is 2. The van der Waals surface area contributed by atoms with Crippen molar-refractivity contribution in [1.29, 1.82) is 0 Å². The summed E-state index contributed by atoms with van der Waals surface area (Å²) in [4.78, 5) is 26.7. The first-order valence-electron chi connectivity index (χ1n) is 9.04. The van der Waals surface area contributed by atoms with Crippen molar-refractivity contribution in [2.24, 2.45) is 0 Å². The fourth-order valence-corrected chi connectivity index (χ4v) is 2.87. The van der Waals surface area contributed by atoms with E-state index >= 15 is 0 Å². The van der Waals surface area contributed by atoms with Gasteiger partial charge in [-0.15, -0.1) is 0 Å². The number of para-hydroxylation sites is 2. The Morgan fingerprint density at radius 3 is 2.39 bits per heavy atom. The topological polar surface area (TPSA) is 67.9 Å². The van der Waals surface area contributed by atoms with Crippen molar-refractivity contribution in [3.8, 4) is 11.5 Å². The number of methoxy groups -OCH3 is 1. The molecule has 0 aliphatic heterocycles. The Morgan fingerprint density at radius 1 is 1.11 bits per heavy atom. The Balaban J connectivity index is 2.18. The summed E-state index contributed by atoms with van der Waals surface area (Å²) < 4.78 is 10.9. The largest absolute Gasteiger partial charge is 0.493 e. The third-order valence-electron chi connectivity index (χ3n) is 4.24. The minimum atomic E-state index is -0.676. The van der Waals surface area contributed by atoms with Crippen molar-refractivity contribution in [2.45, 2.75) is 26.4 Å². The smallest absolute Gasteiger partial charge is 0.261 e. The van der Waals surface area contributed by atoms with Gasteiger partial charge < -0.3 is 19.7 Å². The summed E-state index contributed by atoms with van der Waals surface area (Å²) in [6, 6.07) is 13.6. The maximum absolute atomic E-state index is 12.9. The molecular formula is C21H25ClN2O4. The van der Waals surface area contributed by atoms with E-state index in [-0.39, 0.29) is 25.0 Å². The second-order valence-corrected chi connectivity index (χ2v) is 6.53. The molecule has 0 aliphatic carbocycles. The highest BCUT2D eigenvalue weighted by molar-refractivity contribution is 6.31. The van der Waals surface area contributed by atoms with Gasteiger partial charge in [0.2, 0.25) is 5.91 Å². The standard InChI is InChI=1S/C21H25ClN2O4/c1-4-23-21(26)15(2)24(13-16-9-5-6-10-17(16)22)20(25)14-28-19-12-8-7-11-18(19)27-3/h5-12,15H,4,13-14H2,1-3H3,(H,23,26). The quantitative estimate of drug-likeness (QED) is 0.696. The molecule has 0 saturated heterocycles. The van der Waals surface area contributed by atoms with Gasteiger partial charge in [0.1, 0.15) is 6.04 Å². The average Bonchev–Trinajstić information content (AvgIpc) is 2.71. The fourth-order valence-electron chi connectivity index (χ4n) is 2.68. The van der Waals surface area contributed by atoms with E-state index in [1.165, 1.54) is 12.0 Å². The lowest BCUT2D eigenvalue weighted by Crippen LogP contribution is -2.49. The van der Waals surface area contributed by atoms with Crippen molar-refractivity contribution in [3.63, 3.8) is 0 Å². The summed E-state index contributed by atoms with van der Waals surface area (Å²) in [5, 5.41) is 3.28. The van der Waals surface area contributed by atoms with Crippen molar-refractivity contribution < 1.29 is 19.1 Å². The molecule has 28 heavy (non-hydrogen) atoms. The van der Waals surface area contributed by atoms with E-state index in [4.69, 9.17) is 21.1 Å². The van der Waals surface area contributed by atoms with Crippen LogP contribution in [-0.4, -0.2) is 43.0 Å². The van der Waals surface area contributed by atoms with Gasteiger partial charge in [-0.1, -0.05) is 41.9 Å². The number of nitrogens with one attached hydrogen (secondary N) is 1. The number of hydrogen-bond acceptors (Lipinski definition) is 4. The van der Waals surface area contributed by atoms with Crippen LogP contribution in [-0.2, 0) is 16.1 Å². The second-order valence-electron chi connectivity index (χ2n) is 6.12. The molecule has 0 aliphatic rings. The Morgan fingerprint density at radius 2 is 1.75 bits per heavy atom. The number of rotatable bonds is 9. The molecule has 0 saturated carbocycles. The Kier molecular flexibility index (Phi) is 8.14. The first-order chi connectivity index (χ1) is 13.5. The molecule has 0 radical (unpaired) electrons. The minimum absolute atomic E-state index is 0.200. The molecule has 2 rings (SSSR count). The highest BCUT2D eigenvalue weighted by atomic mass is 35.5. The van der Waals surface area contributed by atoms with Crippen LogP contribution in [0.2, 0.25) is 5.02 Å². The number of carbonyl (C=O) groups is 2. The molecule has 0 bridgehead atoms. The van der Waals surface area contributed by atoms with Crippen LogP contribution in [0.3, 0.4) is 0 Å². The van der Waals surface area contributed by atoms with Gasteiger partial charge in [-0.05, 0) is 37.6 Å². The number of likely N-dealkylation sites (N-methyl/N-ethyl adjacent to an activating group) is 1. The van der Waals surface area contributed by atoms with Crippen LogP contribution in [0, 0.1) is 0 Å². The van der Waals surface area contributed by atoms with Gasteiger partial charge in [-0.3, -0.25) is 9.59 Å². The molecule has 2 amide bonds. The average molecular weight is 405 g/mol. The van der Waals surface area contributed by atoms with E-state index in [1.54, 1.807) is 31.2 Å². The minimum Gasteiger partial charge on any atom is -0.493 e. The van der Waals surface area contributed by atoms with Crippen LogP contribution in [0.25, 0.3) is 0 Å². The maximum Gasteiger partial charge on any atom is 0.261 e. The molecule has 2 aromatic rings. The fraction of sp³-hybridized carbons (Fsp3) is 0.333. The zero-order valence-corrected chi connectivity index (χ0v) is 17.0. The lowest BCUT2D eigenvalue weighted by atomic mass is 10.1. The number of benzene rings is 2. The van der Waals surface area contributed by atoms with Crippen LogP contribution in [0.4, 0.5) is 0 Å². The molecular weight excluding hydrogens is 380 g/mol. The molecule has 2 aromatic carbocycles. The highest BCUT2D eigenvalue weighted by Crippen LogP contribution is 2.26.